The van der Waals surface area contributed by atoms with Crippen molar-refractivity contribution >= 4 is 71.2 Å². The quantitative estimate of drug-likeness (QED) is 0.262. The van der Waals surface area contributed by atoms with Crippen molar-refractivity contribution in [1.29, 1.82) is 0 Å². The molecule has 0 radical (unpaired) electrons. The van der Waals surface area contributed by atoms with Gasteiger partial charge < -0.3 is 8.83 Å². The maximum absolute atomic E-state index is 6.48. The standard InChI is InChI=1S/C26H13N3O2/c1-2-4-21-16(3-1)24-22(30-21)6-5-14-18-11-20-17(12-23(18)31-25(14)24)19-13-27-8-7-15(19)26-28-9-10-29(20)26/h1-13H. The Morgan fingerprint density at radius 3 is 2.65 bits per heavy atom. The zero-order valence-corrected chi connectivity index (χ0v) is 16.2. The molecule has 3 aromatic carbocycles. The van der Waals surface area contributed by atoms with E-state index in [-0.39, 0.29) is 0 Å². The molecule has 0 atom stereocenters. The third kappa shape index (κ3) is 1.82. The van der Waals surface area contributed by atoms with Crippen LogP contribution >= 0.6 is 0 Å². The number of hydrogen-bond acceptors (Lipinski definition) is 4. The van der Waals surface area contributed by atoms with Crippen LogP contribution in [0, 0.1) is 0 Å². The summed E-state index contributed by atoms with van der Waals surface area (Å²) in [5, 5.41) is 7.48. The highest BCUT2D eigenvalue weighted by Gasteiger charge is 2.18. The number of pyridine rings is 2. The molecule has 0 aliphatic rings. The Labute approximate surface area is 174 Å². The van der Waals surface area contributed by atoms with Crippen LogP contribution in [-0.2, 0) is 0 Å². The zero-order chi connectivity index (χ0) is 20.1. The third-order valence-corrected chi connectivity index (χ3v) is 6.35. The summed E-state index contributed by atoms with van der Waals surface area (Å²) in [5.74, 6) is 0. The first-order chi connectivity index (χ1) is 15.4. The number of hydrogen-bond donors (Lipinski definition) is 0. The largest absolute Gasteiger partial charge is 0.456 e. The topological polar surface area (TPSA) is 56.5 Å². The Bertz CT molecular complexity index is 2010. The first-order valence-electron chi connectivity index (χ1n) is 10.2. The van der Waals surface area contributed by atoms with E-state index in [4.69, 9.17) is 8.83 Å². The van der Waals surface area contributed by atoms with Crippen molar-refractivity contribution in [2.45, 2.75) is 0 Å². The van der Waals surface area contributed by atoms with Gasteiger partial charge in [0.1, 0.15) is 28.0 Å². The number of fused-ring (bicyclic) bond motifs is 13. The van der Waals surface area contributed by atoms with Crippen LogP contribution in [0.5, 0.6) is 0 Å². The lowest BCUT2D eigenvalue weighted by molar-refractivity contribution is 0.663. The Balaban J connectivity index is 1.63. The fraction of sp³-hybridized carbons (Fsp3) is 0. The number of benzene rings is 3. The lowest BCUT2D eigenvalue weighted by atomic mass is 10.0. The molecule has 5 heteroatoms. The highest BCUT2D eigenvalue weighted by atomic mass is 16.3. The number of nitrogens with zero attached hydrogens (tertiary/aromatic N) is 3. The minimum Gasteiger partial charge on any atom is -0.456 e. The van der Waals surface area contributed by atoms with Crippen molar-refractivity contribution in [3.63, 3.8) is 0 Å². The van der Waals surface area contributed by atoms with E-state index in [2.05, 4.69) is 38.6 Å². The van der Waals surface area contributed by atoms with Crippen molar-refractivity contribution in [3.8, 4) is 0 Å². The minimum absolute atomic E-state index is 0.837. The molecule has 0 aliphatic heterocycles. The van der Waals surface area contributed by atoms with E-state index in [9.17, 15) is 0 Å². The van der Waals surface area contributed by atoms with Crippen molar-refractivity contribution in [1.82, 2.24) is 14.4 Å². The highest BCUT2D eigenvalue weighted by Crippen LogP contribution is 2.41. The van der Waals surface area contributed by atoms with Gasteiger partial charge in [0.25, 0.3) is 0 Å². The highest BCUT2D eigenvalue weighted by molar-refractivity contribution is 6.24. The van der Waals surface area contributed by atoms with E-state index in [1.807, 2.05) is 55.1 Å². The van der Waals surface area contributed by atoms with Gasteiger partial charge in [-0.25, -0.2) is 4.98 Å². The minimum atomic E-state index is 0.837. The molecule has 0 amide bonds. The van der Waals surface area contributed by atoms with Gasteiger partial charge in [-0.05, 0) is 36.4 Å². The maximum atomic E-state index is 6.48. The van der Waals surface area contributed by atoms with Gasteiger partial charge in [-0.3, -0.25) is 9.38 Å². The molecule has 0 fully saturated rings. The monoisotopic (exact) mass is 399 g/mol. The van der Waals surface area contributed by atoms with Gasteiger partial charge in [-0.2, -0.15) is 0 Å². The molecule has 0 unspecified atom stereocenters. The Hall–Kier alpha value is -4.38. The summed E-state index contributed by atoms with van der Waals surface area (Å²) < 4.78 is 14.7. The van der Waals surface area contributed by atoms with E-state index < -0.39 is 0 Å². The fourth-order valence-corrected chi connectivity index (χ4v) is 4.99. The van der Waals surface area contributed by atoms with Crippen LogP contribution in [-0.4, -0.2) is 14.4 Å². The summed E-state index contributed by atoms with van der Waals surface area (Å²) >= 11 is 0. The molecule has 0 spiro atoms. The maximum Gasteiger partial charge on any atom is 0.147 e. The van der Waals surface area contributed by atoms with E-state index in [0.29, 0.717) is 0 Å². The predicted molar refractivity (Wildman–Crippen MR) is 123 cm³/mol. The lowest BCUT2D eigenvalue weighted by Gasteiger charge is -2.07. The number of aromatic nitrogens is 3. The van der Waals surface area contributed by atoms with Gasteiger partial charge in [-0.15, -0.1) is 0 Å². The number of rotatable bonds is 0. The Morgan fingerprint density at radius 1 is 0.677 bits per heavy atom. The van der Waals surface area contributed by atoms with E-state index in [1.165, 1.54) is 0 Å². The summed E-state index contributed by atoms with van der Waals surface area (Å²) in [7, 11) is 0. The van der Waals surface area contributed by atoms with Gasteiger partial charge in [0.15, 0.2) is 0 Å². The molecule has 8 rings (SSSR count). The molecule has 0 bridgehead atoms. The summed E-state index contributed by atoms with van der Waals surface area (Å²) in [6.45, 7) is 0. The molecule has 0 saturated heterocycles. The summed E-state index contributed by atoms with van der Waals surface area (Å²) in [6, 6.07) is 18.6. The van der Waals surface area contributed by atoms with Gasteiger partial charge in [0.2, 0.25) is 0 Å². The average molecular weight is 399 g/mol. The summed E-state index contributed by atoms with van der Waals surface area (Å²) in [5.41, 5.74) is 5.43. The normalized spacial score (nSPS) is 12.5. The second-order valence-corrected chi connectivity index (χ2v) is 7.92. The molecule has 0 N–H and O–H groups in total. The van der Waals surface area contributed by atoms with Gasteiger partial charge >= 0.3 is 0 Å². The van der Waals surface area contributed by atoms with Crippen LogP contribution in [0.1, 0.15) is 0 Å². The SMILES string of the molecule is c1ccc2c(c1)oc1ccc3c4cc5c(cc4oc3c12)c1cnccc1c1nccn51. The molecule has 31 heavy (non-hydrogen) atoms. The Morgan fingerprint density at radius 2 is 1.65 bits per heavy atom. The van der Waals surface area contributed by atoms with Crippen LogP contribution < -0.4 is 0 Å². The van der Waals surface area contributed by atoms with Gasteiger partial charge in [0, 0.05) is 57.1 Å². The van der Waals surface area contributed by atoms with Crippen molar-refractivity contribution < 1.29 is 8.83 Å². The van der Waals surface area contributed by atoms with E-state index in [0.717, 1.165) is 71.2 Å². The van der Waals surface area contributed by atoms with Gasteiger partial charge in [-0.1, -0.05) is 18.2 Å². The van der Waals surface area contributed by atoms with Crippen LogP contribution in [0.15, 0.2) is 88.2 Å². The first-order valence-corrected chi connectivity index (χ1v) is 10.2. The van der Waals surface area contributed by atoms with Crippen molar-refractivity contribution in [3.05, 3.63) is 79.4 Å². The molecule has 5 nitrogen and oxygen atoms in total. The number of para-hydroxylation sites is 1. The second kappa shape index (κ2) is 5.21. The molecule has 0 aliphatic carbocycles. The number of furan rings is 2. The van der Waals surface area contributed by atoms with E-state index >= 15 is 0 Å². The molecule has 8 aromatic rings. The van der Waals surface area contributed by atoms with Crippen LogP contribution in [0.25, 0.3) is 71.2 Å². The van der Waals surface area contributed by atoms with Crippen LogP contribution in [0.2, 0.25) is 0 Å². The van der Waals surface area contributed by atoms with E-state index in [1.54, 1.807) is 0 Å². The molecule has 5 aromatic heterocycles. The fourth-order valence-electron chi connectivity index (χ4n) is 4.99. The van der Waals surface area contributed by atoms with Crippen LogP contribution in [0.3, 0.4) is 0 Å². The molecular weight excluding hydrogens is 386 g/mol. The zero-order valence-electron chi connectivity index (χ0n) is 16.2. The molecule has 5 heterocycles. The smallest absolute Gasteiger partial charge is 0.147 e. The molecular formula is C26H13N3O2. The number of imidazole rings is 1. The molecule has 0 saturated carbocycles. The average Bonchev–Trinajstić information content (AvgIpc) is 3.52. The lowest BCUT2D eigenvalue weighted by Crippen LogP contribution is -1.91. The molecule has 144 valence electrons. The first kappa shape index (κ1) is 15.5. The van der Waals surface area contributed by atoms with Crippen molar-refractivity contribution in [2.24, 2.45) is 0 Å². The van der Waals surface area contributed by atoms with Gasteiger partial charge in [0.05, 0.1) is 10.9 Å². The summed E-state index contributed by atoms with van der Waals surface area (Å²) in [4.78, 5) is 8.96. The summed E-state index contributed by atoms with van der Waals surface area (Å²) in [6.07, 6.45) is 7.56. The second-order valence-electron chi connectivity index (χ2n) is 7.92. The van der Waals surface area contributed by atoms with Crippen LogP contribution in [0.4, 0.5) is 0 Å². The Kier molecular flexibility index (Phi) is 2.60. The third-order valence-electron chi connectivity index (χ3n) is 6.35. The van der Waals surface area contributed by atoms with Crippen molar-refractivity contribution in [2.75, 3.05) is 0 Å². The predicted octanol–water partition coefficient (Wildman–Crippen LogP) is 6.83.